The van der Waals surface area contributed by atoms with E-state index < -0.39 is 17.4 Å². The number of carbonyl (C=O) groups is 4. The molecule has 2 N–H and O–H groups in total. The van der Waals surface area contributed by atoms with E-state index in [0.29, 0.717) is 33.5 Å². The molecule has 6 rings (SSSR count). The average molecular weight is 845 g/mol. The molecule has 1 aromatic carbocycles. The standard InChI is InChI=1S/C45H63NO7Se.ClH/c1-40(2)34-16-20-45(7)37(43(34,5)19-17-35(40)53-38(49)32(46)18-25-54-9)33(47)26-30-31-27-42(4,22-21-41(31,3)23-24-44(30,45)6)39(50)52-29-13-10-28(11-14-29)12-15-36(48)51-8;/h10-15,26,31-32,34-35,37H,16-25,27,46H2,1-9H3;1H/b15-12+;/t31-,32+,34+,35+,37-,41-,42+,43+,44-,45-;/m1./s1. The Bertz CT molecular complexity index is 1730. The third-order valence-corrected chi connectivity index (χ3v) is 17.3. The molecule has 10 atom stereocenters. The molecule has 0 bridgehead atoms. The summed E-state index contributed by atoms with van der Waals surface area (Å²) < 4.78 is 16.9. The van der Waals surface area contributed by atoms with Crippen LogP contribution >= 0.6 is 12.4 Å². The smallest absolute Gasteiger partial charge is 0.147 e. The van der Waals surface area contributed by atoms with E-state index in [0.717, 1.165) is 62.2 Å². The third kappa shape index (κ3) is 7.43. The van der Waals surface area contributed by atoms with E-state index in [1.807, 2.05) is 25.1 Å². The summed E-state index contributed by atoms with van der Waals surface area (Å²) >= 11 is 0.470. The first-order chi connectivity index (χ1) is 25.3. The van der Waals surface area contributed by atoms with Crippen molar-refractivity contribution >= 4 is 57.1 Å². The van der Waals surface area contributed by atoms with Crippen molar-refractivity contribution < 1.29 is 33.4 Å². The second kappa shape index (κ2) is 15.7. The fourth-order valence-electron chi connectivity index (χ4n) is 12.3. The number of esters is 3. The number of methoxy groups -OCH3 is 1. The van der Waals surface area contributed by atoms with Crippen LogP contribution in [0.2, 0.25) is 11.1 Å². The molecule has 4 saturated carbocycles. The number of benzene rings is 1. The predicted molar refractivity (Wildman–Crippen MR) is 219 cm³/mol. The zero-order valence-corrected chi connectivity index (χ0v) is 37.0. The van der Waals surface area contributed by atoms with Crippen LogP contribution in [0.4, 0.5) is 0 Å². The van der Waals surface area contributed by atoms with Crippen LogP contribution in [0.5, 0.6) is 5.75 Å². The second-order valence-electron chi connectivity index (χ2n) is 19.2. The van der Waals surface area contributed by atoms with Crippen LogP contribution in [0.3, 0.4) is 0 Å². The molecule has 0 amide bonds. The van der Waals surface area contributed by atoms with Crippen molar-refractivity contribution in [1.82, 2.24) is 0 Å². The SMILES string of the molecule is COC(=O)/C=C/c1ccc(OC(=O)[C@@]2(C)CC[C@]3(C)CC[C@]4(C)C(=CC(=O)[C@@H]5[C@@]6(C)CC[C@H](OC(=O)[C@@H](N)CC[Se]C)C(C)(C)[C@@H]6CC[C@]54C)[C@H]3C2)cc1.Cl. The average Bonchev–Trinajstić information content (AvgIpc) is 3.12. The van der Waals surface area contributed by atoms with Gasteiger partial charge in [0.25, 0.3) is 0 Å². The van der Waals surface area contributed by atoms with Gasteiger partial charge in [0.2, 0.25) is 0 Å². The Balaban J connectivity index is 0.00000580. The third-order valence-electron chi connectivity index (χ3n) is 15.9. The van der Waals surface area contributed by atoms with Gasteiger partial charge in [0.1, 0.15) is 5.75 Å². The van der Waals surface area contributed by atoms with Crippen molar-refractivity contribution in [2.24, 2.45) is 56.0 Å². The van der Waals surface area contributed by atoms with Crippen LogP contribution in [-0.2, 0) is 28.7 Å². The Labute approximate surface area is 341 Å². The molecule has 5 aliphatic carbocycles. The molecule has 0 unspecified atom stereocenters. The monoisotopic (exact) mass is 845 g/mol. The van der Waals surface area contributed by atoms with Crippen molar-refractivity contribution in [2.75, 3.05) is 7.11 Å². The number of ether oxygens (including phenoxy) is 3. The van der Waals surface area contributed by atoms with Gasteiger partial charge in [-0.25, -0.2) is 4.79 Å². The summed E-state index contributed by atoms with van der Waals surface area (Å²) in [7, 11) is 1.34. The molecule has 55 heavy (non-hydrogen) atoms. The molecule has 1 aromatic rings. The fraction of sp³-hybridized carbons (Fsp3) is 0.689. The Morgan fingerprint density at radius 2 is 1.62 bits per heavy atom. The number of halogens is 1. The number of ketones is 1. The van der Waals surface area contributed by atoms with E-state index in [1.165, 1.54) is 18.8 Å². The van der Waals surface area contributed by atoms with E-state index in [-0.39, 0.29) is 81.1 Å². The van der Waals surface area contributed by atoms with Crippen molar-refractivity contribution in [3.05, 3.63) is 47.6 Å². The van der Waals surface area contributed by atoms with Gasteiger partial charge in [0.15, 0.2) is 0 Å². The number of carbonyl (C=O) groups excluding carboxylic acids is 4. The van der Waals surface area contributed by atoms with Crippen LogP contribution in [0, 0.1) is 50.2 Å². The molecule has 0 radical (unpaired) electrons. The normalized spacial score (nSPS) is 38.1. The molecule has 0 aliphatic heterocycles. The molecule has 4 fully saturated rings. The van der Waals surface area contributed by atoms with Gasteiger partial charge in [-0.1, -0.05) is 31.6 Å². The maximum atomic E-state index is 14.9. The zero-order chi connectivity index (χ0) is 39.5. The van der Waals surface area contributed by atoms with Gasteiger partial charge in [-0.3, -0.25) is 4.79 Å². The first-order valence-corrected chi connectivity index (χ1v) is 23.0. The molecule has 10 heteroatoms. The van der Waals surface area contributed by atoms with E-state index in [9.17, 15) is 19.2 Å². The van der Waals surface area contributed by atoms with Crippen LogP contribution in [0.25, 0.3) is 6.08 Å². The number of hydrogen-bond acceptors (Lipinski definition) is 8. The van der Waals surface area contributed by atoms with E-state index in [4.69, 9.17) is 15.2 Å². The molecule has 5 aliphatic rings. The van der Waals surface area contributed by atoms with Gasteiger partial charge in [0, 0.05) is 6.08 Å². The Kier molecular flexibility index (Phi) is 12.5. The van der Waals surface area contributed by atoms with Gasteiger partial charge in [0.05, 0.1) is 12.5 Å². The van der Waals surface area contributed by atoms with Crippen molar-refractivity contribution in [2.45, 2.75) is 136 Å². The summed E-state index contributed by atoms with van der Waals surface area (Å²) in [6.07, 6.45) is 13.4. The van der Waals surface area contributed by atoms with Gasteiger partial charge in [-0.05, 0) is 74.1 Å². The summed E-state index contributed by atoms with van der Waals surface area (Å²) in [5.41, 5.74) is 6.69. The number of hydrogen-bond donors (Lipinski definition) is 1. The second-order valence-corrected chi connectivity index (χ2v) is 21.3. The minimum atomic E-state index is -0.697. The summed E-state index contributed by atoms with van der Waals surface area (Å²) in [5.74, 6) is 2.12. The van der Waals surface area contributed by atoms with E-state index in [2.05, 4.69) is 52.1 Å². The number of fused-ring (bicyclic) bond motifs is 7. The Hall–Kier alpha value is -2.45. The van der Waals surface area contributed by atoms with Gasteiger partial charge in [-0.2, -0.15) is 0 Å². The topological polar surface area (TPSA) is 122 Å². The van der Waals surface area contributed by atoms with Crippen molar-refractivity contribution in [3.8, 4) is 5.75 Å². The van der Waals surface area contributed by atoms with Crippen LogP contribution in [0.1, 0.15) is 118 Å². The number of nitrogens with two attached hydrogens (primary N) is 1. The predicted octanol–water partition coefficient (Wildman–Crippen LogP) is 8.98. The molecular formula is C45H64ClNO7Se. The first-order valence-electron chi connectivity index (χ1n) is 20.1. The minimum absolute atomic E-state index is 0. The zero-order valence-electron chi connectivity index (χ0n) is 34.5. The summed E-state index contributed by atoms with van der Waals surface area (Å²) in [6, 6.07) is 6.55. The molecule has 8 nitrogen and oxygen atoms in total. The van der Waals surface area contributed by atoms with Gasteiger partial charge in [-0.15, -0.1) is 12.4 Å². The first kappa shape index (κ1) is 43.7. The molecular weight excluding hydrogens is 781 g/mol. The summed E-state index contributed by atoms with van der Waals surface area (Å²) in [5, 5.41) is 0.965. The molecule has 0 saturated heterocycles. The molecule has 0 spiro atoms. The Morgan fingerprint density at radius 3 is 2.27 bits per heavy atom. The number of rotatable bonds is 9. The van der Waals surface area contributed by atoms with E-state index >= 15 is 0 Å². The summed E-state index contributed by atoms with van der Waals surface area (Å²) in [4.78, 5) is 53.5. The fourth-order valence-corrected chi connectivity index (χ4v) is 13.3. The van der Waals surface area contributed by atoms with Crippen LogP contribution in [0.15, 0.2) is 42.0 Å². The van der Waals surface area contributed by atoms with Crippen molar-refractivity contribution in [3.63, 3.8) is 0 Å². The Morgan fingerprint density at radius 1 is 0.945 bits per heavy atom. The van der Waals surface area contributed by atoms with Crippen LogP contribution in [-0.4, -0.2) is 57.9 Å². The molecule has 0 aromatic heterocycles. The quantitative estimate of drug-likeness (QED) is 0.113. The van der Waals surface area contributed by atoms with Crippen LogP contribution < -0.4 is 10.5 Å². The minimum Gasteiger partial charge on any atom is -0.147 e. The number of allylic oxidation sites excluding steroid dienone is 2. The summed E-state index contributed by atoms with van der Waals surface area (Å²) in [6.45, 7) is 16.1. The van der Waals surface area contributed by atoms with Gasteiger partial charge >= 0.3 is 181 Å². The van der Waals surface area contributed by atoms with E-state index in [1.54, 1.807) is 18.2 Å². The van der Waals surface area contributed by atoms with Gasteiger partial charge < -0.3 is 9.47 Å². The molecule has 304 valence electrons. The maximum absolute atomic E-state index is 14.9. The molecule has 0 heterocycles. The van der Waals surface area contributed by atoms with Crippen molar-refractivity contribution in [1.29, 1.82) is 0 Å².